The smallest absolute Gasteiger partial charge is 0.233 e. The minimum atomic E-state index is 0.0322. The Kier molecular flexibility index (Phi) is 5.21. The van der Waals surface area contributed by atoms with E-state index in [1.165, 1.54) is 29.5 Å². The van der Waals surface area contributed by atoms with Crippen molar-refractivity contribution in [1.82, 2.24) is 15.1 Å². The lowest BCUT2D eigenvalue weighted by Crippen LogP contribution is -2.48. The molecule has 1 saturated heterocycles. The van der Waals surface area contributed by atoms with E-state index in [0.29, 0.717) is 23.0 Å². The van der Waals surface area contributed by atoms with Gasteiger partial charge in [0.1, 0.15) is 0 Å². The van der Waals surface area contributed by atoms with E-state index in [-0.39, 0.29) is 17.7 Å². The van der Waals surface area contributed by atoms with Gasteiger partial charge in [-0.2, -0.15) is 0 Å². The Balaban J connectivity index is 1.50. The first kappa shape index (κ1) is 16.7. The number of carbonyl (C=O) groups excluding carboxylic acids is 2. The quantitative estimate of drug-likeness (QED) is 0.650. The molecule has 1 saturated carbocycles. The first-order chi connectivity index (χ1) is 11.0. The predicted molar refractivity (Wildman–Crippen MR) is 91.6 cm³/mol. The van der Waals surface area contributed by atoms with Crippen LogP contribution in [0.4, 0.5) is 5.13 Å². The number of piperidine rings is 1. The molecule has 1 aromatic rings. The van der Waals surface area contributed by atoms with E-state index in [1.807, 2.05) is 4.90 Å². The number of aromatic nitrogens is 2. The number of amides is 2. The molecular weight excluding hydrogens is 332 g/mol. The molecule has 23 heavy (non-hydrogen) atoms. The highest BCUT2D eigenvalue weighted by Gasteiger charge is 2.31. The maximum Gasteiger partial charge on any atom is 0.233 e. The molecule has 6 nitrogen and oxygen atoms in total. The Labute approximate surface area is 144 Å². The van der Waals surface area contributed by atoms with Crippen molar-refractivity contribution in [1.29, 1.82) is 0 Å². The Morgan fingerprint density at radius 3 is 2.57 bits per heavy atom. The molecule has 0 radical (unpaired) electrons. The summed E-state index contributed by atoms with van der Waals surface area (Å²) in [6.07, 6.45) is 5.29. The summed E-state index contributed by atoms with van der Waals surface area (Å²) in [5, 5.41) is 11.3. The number of nitrogens with zero attached hydrogens (tertiary/aromatic N) is 3. The molecule has 1 aromatic heterocycles. The molecule has 126 valence electrons. The van der Waals surface area contributed by atoms with Crippen LogP contribution in [0.1, 0.15) is 46.0 Å². The molecule has 1 aliphatic carbocycles. The van der Waals surface area contributed by atoms with Crippen LogP contribution >= 0.6 is 23.1 Å². The SMILES string of the molecule is C[C@@H]1CCC[C@H](C)N1C(=O)CSc1nnc(NC(=O)C2CC2)s1. The normalized spacial score (nSPS) is 24.5. The maximum atomic E-state index is 12.5. The lowest BCUT2D eigenvalue weighted by atomic mass is 9.98. The molecule has 1 N–H and O–H groups in total. The van der Waals surface area contributed by atoms with Crippen molar-refractivity contribution in [3.63, 3.8) is 0 Å². The maximum absolute atomic E-state index is 12.5. The largest absolute Gasteiger partial charge is 0.337 e. The highest BCUT2D eigenvalue weighted by Crippen LogP contribution is 2.32. The monoisotopic (exact) mass is 354 g/mol. The van der Waals surface area contributed by atoms with Gasteiger partial charge in [-0.05, 0) is 46.0 Å². The number of carbonyl (C=O) groups is 2. The summed E-state index contributed by atoms with van der Waals surface area (Å²) >= 11 is 2.74. The standard InChI is InChI=1S/C15H22N4O2S2/c1-9-4-3-5-10(2)19(9)12(20)8-22-15-18-17-14(23-15)16-13(21)11-6-7-11/h9-11H,3-8H2,1-2H3,(H,16,17,21)/t9-,10+. The Hall–Kier alpha value is -1.15. The predicted octanol–water partition coefficient (Wildman–Crippen LogP) is 2.77. The second-order valence-corrected chi connectivity index (χ2v) is 8.56. The summed E-state index contributed by atoms with van der Waals surface area (Å²) in [5.41, 5.74) is 0. The van der Waals surface area contributed by atoms with E-state index < -0.39 is 0 Å². The first-order valence-corrected chi connectivity index (χ1v) is 9.93. The Morgan fingerprint density at radius 2 is 1.91 bits per heavy atom. The van der Waals surface area contributed by atoms with Crippen molar-refractivity contribution < 1.29 is 9.59 Å². The highest BCUT2D eigenvalue weighted by atomic mass is 32.2. The van der Waals surface area contributed by atoms with Crippen LogP contribution in [-0.4, -0.2) is 44.7 Å². The summed E-state index contributed by atoms with van der Waals surface area (Å²) in [4.78, 5) is 26.2. The van der Waals surface area contributed by atoms with E-state index in [4.69, 9.17) is 0 Å². The zero-order valence-corrected chi connectivity index (χ0v) is 15.1. The fourth-order valence-electron chi connectivity index (χ4n) is 2.98. The van der Waals surface area contributed by atoms with E-state index >= 15 is 0 Å². The van der Waals surface area contributed by atoms with Gasteiger partial charge >= 0.3 is 0 Å². The second kappa shape index (κ2) is 7.17. The Morgan fingerprint density at radius 1 is 1.22 bits per heavy atom. The third-order valence-corrected chi connectivity index (χ3v) is 6.34. The minimum absolute atomic E-state index is 0.0322. The lowest BCUT2D eigenvalue weighted by Gasteiger charge is -2.39. The average molecular weight is 355 g/mol. The zero-order valence-electron chi connectivity index (χ0n) is 13.4. The van der Waals surface area contributed by atoms with Crippen LogP contribution in [0.5, 0.6) is 0 Å². The number of hydrogen-bond acceptors (Lipinski definition) is 6. The van der Waals surface area contributed by atoms with Crippen molar-refractivity contribution in [3.05, 3.63) is 0 Å². The van der Waals surface area contributed by atoms with Crippen molar-refractivity contribution in [2.45, 2.75) is 62.4 Å². The summed E-state index contributed by atoms with van der Waals surface area (Å²) in [6, 6.07) is 0.629. The van der Waals surface area contributed by atoms with Gasteiger partial charge in [0.05, 0.1) is 5.75 Å². The van der Waals surface area contributed by atoms with Crippen LogP contribution in [0, 0.1) is 5.92 Å². The summed E-state index contributed by atoms with van der Waals surface area (Å²) in [6.45, 7) is 4.24. The van der Waals surface area contributed by atoms with Crippen LogP contribution < -0.4 is 5.32 Å². The van der Waals surface area contributed by atoms with Crippen molar-refractivity contribution in [2.75, 3.05) is 11.1 Å². The van der Waals surface area contributed by atoms with Crippen LogP contribution in [0.15, 0.2) is 4.34 Å². The van der Waals surface area contributed by atoms with E-state index in [2.05, 4.69) is 29.4 Å². The van der Waals surface area contributed by atoms with Gasteiger partial charge in [0.15, 0.2) is 4.34 Å². The molecule has 0 aromatic carbocycles. The molecule has 0 bridgehead atoms. The number of nitrogens with one attached hydrogen (secondary N) is 1. The van der Waals surface area contributed by atoms with E-state index in [1.54, 1.807) is 0 Å². The van der Waals surface area contributed by atoms with Crippen molar-refractivity contribution in [3.8, 4) is 0 Å². The third-order valence-electron chi connectivity index (χ3n) is 4.39. The molecule has 1 aliphatic heterocycles. The minimum Gasteiger partial charge on any atom is -0.337 e. The summed E-state index contributed by atoms with van der Waals surface area (Å²) < 4.78 is 0.724. The van der Waals surface area contributed by atoms with Crippen LogP contribution in [0.2, 0.25) is 0 Å². The third kappa shape index (κ3) is 4.23. The van der Waals surface area contributed by atoms with Gasteiger partial charge in [-0.3, -0.25) is 9.59 Å². The molecule has 2 aliphatic rings. The number of thioether (sulfide) groups is 1. The lowest BCUT2D eigenvalue weighted by molar-refractivity contribution is -0.134. The van der Waals surface area contributed by atoms with Gasteiger partial charge in [-0.1, -0.05) is 23.1 Å². The fourth-order valence-corrected chi connectivity index (χ4v) is 4.61. The Bertz CT molecular complexity index is 578. The zero-order chi connectivity index (χ0) is 16.4. The van der Waals surface area contributed by atoms with Crippen LogP contribution in [0.25, 0.3) is 0 Å². The first-order valence-electron chi connectivity index (χ1n) is 8.13. The number of hydrogen-bond donors (Lipinski definition) is 1. The molecule has 2 atom stereocenters. The molecule has 0 spiro atoms. The fraction of sp³-hybridized carbons (Fsp3) is 0.733. The average Bonchev–Trinajstić information content (AvgIpc) is 3.27. The van der Waals surface area contributed by atoms with Gasteiger partial charge in [-0.15, -0.1) is 10.2 Å². The van der Waals surface area contributed by atoms with Crippen LogP contribution in [0.3, 0.4) is 0 Å². The highest BCUT2D eigenvalue weighted by molar-refractivity contribution is 8.01. The number of rotatable bonds is 5. The molecule has 3 rings (SSSR count). The van der Waals surface area contributed by atoms with Crippen molar-refractivity contribution >= 4 is 40.0 Å². The van der Waals surface area contributed by atoms with Gasteiger partial charge < -0.3 is 10.2 Å². The second-order valence-electron chi connectivity index (χ2n) is 6.36. The summed E-state index contributed by atoms with van der Waals surface area (Å²) in [7, 11) is 0. The number of likely N-dealkylation sites (tertiary alicyclic amines) is 1. The number of anilines is 1. The van der Waals surface area contributed by atoms with E-state index in [9.17, 15) is 9.59 Å². The molecule has 8 heteroatoms. The van der Waals surface area contributed by atoms with E-state index in [0.717, 1.165) is 30.0 Å². The molecule has 2 heterocycles. The summed E-state index contributed by atoms with van der Waals surface area (Å²) in [5.74, 6) is 0.719. The van der Waals surface area contributed by atoms with Crippen LogP contribution in [-0.2, 0) is 9.59 Å². The van der Waals surface area contributed by atoms with Crippen molar-refractivity contribution in [2.24, 2.45) is 5.92 Å². The molecule has 2 amide bonds. The molecule has 0 unspecified atom stereocenters. The topological polar surface area (TPSA) is 75.2 Å². The van der Waals surface area contributed by atoms with Gasteiger partial charge in [0.25, 0.3) is 0 Å². The van der Waals surface area contributed by atoms with Gasteiger partial charge in [-0.25, -0.2) is 0 Å². The van der Waals surface area contributed by atoms with Gasteiger partial charge in [0, 0.05) is 18.0 Å². The van der Waals surface area contributed by atoms with Gasteiger partial charge in [0.2, 0.25) is 16.9 Å². The molecule has 2 fully saturated rings. The molecular formula is C15H22N4O2S2.